The number of terminal acetylenes is 1. The number of carbonyl (C=O) groups excluding carboxylic acids is 1. The Balaban J connectivity index is 1.53. The number of amides is 1. The van der Waals surface area contributed by atoms with E-state index in [0.29, 0.717) is 11.1 Å². The number of rotatable bonds is 6. The number of aryl methyl sites for hydroxylation is 2. The van der Waals surface area contributed by atoms with Gasteiger partial charge in [0.1, 0.15) is 24.0 Å². The molecule has 2 saturated heterocycles. The lowest BCUT2D eigenvalue weighted by Gasteiger charge is -2.44. The monoisotopic (exact) mass is 651 g/mol. The average molecular weight is 652 g/mol. The van der Waals surface area contributed by atoms with Gasteiger partial charge >= 0.3 is 6.01 Å². The second-order valence-corrected chi connectivity index (χ2v) is 12.5. The van der Waals surface area contributed by atoms with Crippen LogP contribution in [-0.2, 0) is 11.8 Å². The topological polar surface area (TPSA) is 79.6 Å². The number of carbonyl (C=O) groups is 1. The molecule has 0 saturated carbocycles. The van der Waals surface area contributed by atoms with Gasteiger partial charge in [0, 0.05) is 54.0 Å². The van der Waals surface area contributed by atoms with Crippen molar-refractivity contribution in [1.82, 2.24) is 29.5 Å². The smallest absolute Gasteiger partial charge is 0.319 e. The number of fused-ring (bicyclic) bond motifs is 2. The number of alkyl halides is 2. The number of hydrogen-bond donors (Lipinski definition) is 0. The van der Waals surface area contributed by atoms with Crippen LogP contribution in [0.1, 0.15) is 18.9 Å². The number of aromatic nitrogens is 4. The third kappa shape index (κ3) is 5.41. The number of piperazine rings is 1. The van der Waals surface area contributed by atoms with Gasteiger partial charge in [-0.2, -0.15) is 15.1 Å². The predicted octanol–water partition coefficient (Wildman–Crippen LogP) is 5.23. The standard InChI is InChI=1S/C33H33ClF3N7O2/c1-7-21-15-43(25(45)8-2)19(4)14-44(21)31-23-11-24(34)27(26-18(3)9-10-20-13-38-42(6)30(20)26)28(35)29(23)39-32(40-31)46-16-22-12-33(36,37)17-41(22)5/h1,8-11,13,19,21-22H,2,12,14-17H2,3-6H3/t19-,21+,22+/m1/s1. The van der Waals surface area contributed by atoms with Gasteiger partial charge in [0.25, 0.3) is 5.92 Å². The van der Waals surface area contributed by atoms with E-state index in [0.717, 1.165) is 10.9 Å². The molecule has 46 heavy (non-hydrogen) atoms. The zero-order valence-corrected chi connectivity index (χ0v) is 26.7. The van der Waals surface area contributed by atoms with Crippen LogP contribution in [0.2, 0.25) is 5.02 Å². The quantitative estimate of drug-likeness (QED) is 0.209. The van der Waals surface area contributed by atoms with Crippen molar-refractivity contribution in [2.24, 2.45) is 7.05 Å². The maximum atomic E-state index is 17.0. The summed E-state index contributed by atoms with van der Waals surface area (Å²) in [4.78, 5) is 26.6. The Kier molecular flexibility index (Phi) is 8.11. The highest BCUT2D eigenvalue weighted by Gasteiger charge is 2.43. The fourth-order valence-electron chi connectivity index (χ4n) is 6.55. The van der Waals surface area contributed by atoms with Crippen LogP contribution in [0.5, 0.6) is 6.01 Å². The summed E-state index contributed by atoms with van der Waals surface area (Å²) in [6.07, 6.45) is 8.50. The zero-order valence-electron chi connectivity index (χ0n) is 25.9. The van der Waals surface area contributed by atoms with Gasteiger partial charge in [-0.25, -0.2) is 13.2 Å². The first-order valence-electron chi connectivity index (χ1n) is 14.8. The summed E-state index contributed by atoms with van der Waals surface area (Å²) in [5, 5.41) is 5.57. The van der Waals surface area contributed by atoms with Crippen molar-refractivity contribution in [3.8, 4) is 29.5 Å². The van der Waals surface area contributed by atoms with Crippen molar-refractivity contribution in [2.75, 3.05) is 38.2 Å². The van der Waals surface area contributed by atoms with E-state index in [-0.39, 0.29) is 71.4 Å². The number of ether oxygens (including phenoxy) is 1. The van der Waals surface area contributed by atoms with Crippen molar-refractivity contribution >= 4 is 45.1 Å². The van der Waals surface area contributed by atoms with Gasteiger partial charge in [0.2, 0.25) is 5.91 Å². The van der Waals surface area contributed by atoms with Crippen LogP contribution in [-0.4, -0.2) is 92.8 Å². The molecule has 9 nitrogen and oxygen atoms in total. The van der Waals surface area contributed by atoms with E-state index in [2.05, 4.69) is 27.6 Å². The molecule has 240 valence electrons. The second-order valence-electron chi connectivity index (χ2n) is 12.1. The highest BCUT2D eigenvalue weighted by atomic mass is 35.5. The minimum absolute atomic E-state index is 0.0731. The lowest BCUT2D eigenvalue weighted by Crippen LogP contribution is -2.58. The molecule has 2 aromatic heterocycles. The molecule has 0 aliphatic carbocycles. The third-order valence-corrected chi connectivity index (χ3v) is 9.21. The summed E-state index contributed by atoms with van der Waals surface area (Å²) in [5.74, 6) is -0.834. The average Bonchev–Trinajstić information content (AvgIpc) is 3.52. The Bertz CT molecular complexity index is 1920. The summed E-state index contributed by atoms with van der Waals surface area (Å²) in [7, 11) is 3.37. The summed E-state index contributed by atoms with van der Waals surface area (Å²) in [6.45, 7) is 7.21. The van der Waals surface area contributed by atoms with Crippen LogP contribution >= 0.6 is 11.6 Å². The van der Waals surface area contributed by atoms with Crippen molar-refractivity contribution < 1.29 is 22.7 Å². The van der Waals surface area contributed by atoms with Crippen LogP contribution in [0.25, 0.3) is 32.9 Å². The summed E-state index contributed by atoms with van der Waals surface area (Å²) in [5.41, 5.74) is 2.09. The molecule has 0 N–H and O–H groups in total. The molecule has 4 heterocycles. The van der Waals surface area contributed by atoms with Crippen molar-refractivity contribution in [2.45, 2.75) is 44.3 Å². The number of halogens is 4. The first-order chi connectivity index (χ1) is 21.8. The molecule has 6 rings (SSSR count). The second kappa shape index (κ2) is 11.8. The third-order valence-electron chi connectivity index (χ3n) is 8.91. The molecule has 2 aliphatic rings. The van der Waals surface area contributed by atoms with Crippen LogP contribution in [0.15, 0.2) is 37.1 Å². The van der Waals surface area contributed by atoms with E-state index in [1.54, 1.807) is 40.8 Å². The van der Waals surface area contributed by atoms with Gasteiger partial charge in [-0.05, 0) is 38.6 Å². The first-order valence-corrected chi connectivity index (χ1v) is 15.2. The zero-order chi connectivity index (χ0) is 33.1. The Labute approximate surface area is 269 Å². The maximum Gasteiger partial charge on any atom is 0.319 e. The molecule has 13 heteroatoms. The Morgan fingerprint density at radius 3 is 2.70 bits per heavy atom. The fraction of sp³-hybridized carbons (Fsp3) is 0.394. The van der Waals surface area contributed by atoms with E-state index in [1.807, 2.05) is 26.0 Å². The first kappa shape index (κ1) is 31.6. The van der Waals surface area contributed by atoms with Gasteiger partial charge < -0.3 is 14.5 Å². The van der Waals surface area contributed by atoms with Crippen LogP contribution in [0.4, 0.5) is 19.0 Å². The Morgan fingerprint density at radius 1 is 1.26 bits per heavy atom. The Morgan fingerprint density at radius 2 is 2.02 bits per heavy atom. The van der Waals surface area contributed by atoms with Gasteiger partial charge in [-0.15, -0.1) is 6.42 Å². The predicted molar refractivity (Wildman–Crippen MR) is 172 cm³/mol. The number of likely N-dealkylation sites (tertiary alicyclic amines) is 1. The normalized spacial score (nSPS) is 21.6. The summed E-state index contributed by atoms with van der Waals surface area (Å²) < 4.78 is 52.8. The summed E-state index contributed by atoms with van der Waals surface area (Å²) in [6, 6.07) is 3.65. The van der Waals surface area contributed by atoms with Crippen molar-refractivity contribution in [1.29, 1.82) is 0 Å². The largest absolute Gasteiger partial charge is 0.462 e. The minimum Gasteiger partial charge on any atom is -0.462 e. The van der Waals surface area contributed by atoms with Gasteiger partial charge in [-0.1, -0.05) is 36.2 Å². The molecular weight excluding hydrogens is 619 g/mol. The molecule has 0 unspecified atom stereocenters. The van der Waals surface area contributed by atoms with Crippen LogP contribution < -0.4 is 9.64 Å². The van der Waals surface area contributed by atoms with Gasteiger partial charge in [0.15, 0.2) is 5.82 Å². The molecule has 2 aromatic carbocycles. The van der Waals surface area contributed by atoms with E-state index in [1.165, 1.54) is 11.0 Å². The molecule has 2 aliphatic heterocycles. The molecule has 0 radical (unpaired) electrons. The van der Waals surface area contributed by atoms with Crippen molar-refractivity contribution in [3.05, 3.63) is 53.5 Å². The number of hydrogen-bond acceptors (Lipinski definition) is 7. The van der Waals surface area contributed by atoms with Gasteiger partial charge in [0.05, 0.1) is 29.8 Å². The molecule has 3 atom stereocenters. The molecule has 0 bridgehead atoms. The van der Waals surface area contributed by atoms with Crippen molar-refractivity contribution in [3.63, 3.8) is 0 Å². The molecule has 2 fully saturated rings. The SMILES string of the molecule is C#C[C@H]1CN(C(=O)C=C)[C@H](C)CN1c1nc(OC[C@@H]2CC(F)(F)CN2C)nc2c(F)c(-c3c(C)ccc4cnn(C)c34)c(Cl)cc12. The highest BCUT2D eigenvalue weighted by molar-refractivity contribution is 6.35. The number of nitrogens with zero attached hydrogens (tertiary/aromatic N) is 7. The molecule has 1 amide bonds. The molecular formula is C33H33ClF3N7O2. The van der Waals surface area contributed by atoms with E-state index >= 15 is 4.39 Å². The van der Waals surface area contributed by atoms with E-state index < -0.39 is 30.4 Å². The number of likely N-dealkylation sites (N-methyl/N-ethyl adjacent to an activating group) is 1. The number of anilines is 1. The maximum absolute atomic E-state index is 17.0. The fourth-order valence-corrected chi connectivity index (χ4v) is 6.83. The number of benzene rings is 2. The molecule has 0 spiro atoms. The Hall–Kier alpha value is -4.34. The van der Waals surface area contributed by atoms with E-state index in [9.17, 15) is 13.6 Å². The van der Waals surface area contributed by atoms with Gasteiger partial charge in [-0.3, -0.25) is 14.4 Å². The lowest BCUT2D eigenvalue weighted by molar-refractivity contribution is -0.128. The highest BCUT2D eigenvalue weighted by Crippen LogP contribution is 2.43. The lowest BCUT2D eigenvalue weighted by atomic mass is 9.95. The summed E-state index contributed by atoms with van der Waals surface area (Å²) >= 11 is 6.90. The van der Waals surface area contributed by atoms with E-state index in [4.69, 9.17) is 22.8 Å². The molecule has 4 aromatic rings. The van der Waals surface area contributed by atoms with Crippen LogP contribution in [0, 0.1) is 25.1 Å². The van der Waals surface area contributed by atoms with Crippen LogP contribution in [0.3, 0.4) is 0 Å². The minimum atomic E-state index is -2.85.